The Morgan fingerprint density at radius 1 is 1.28 bits per heavy atom. The van der Waals surface area contributed by atoms with Crippen LogP contribution in [0.5, 0.6) is 0 Å². The molecule has 1 aromatic carbocycles. The van der Waals surface area contributed by atoms with Crippen LogP contribution in [0.25, 0.3) is 10.9 Å². The molecular formula is C16H15N5O4. The number of carbonyl (C=O) groups excluding carboxylic acids is 1. The number of amides is 1. The van der Waals surface area contributed by atoms with Gasteiger partial charge in [0.2, 0.25) is 11.8 Å². The highest BCUT2D eigenvalue weighted by Gasteiger charge is 2.13. The Hall–Kier alpha value is -3.36. The summed E-state index contributed by atoms with van der Waals surface area (Å²) in [7, 11) is 0. The van der Waals surface area contributed by atoms with Gasteiger partial charge in [-0.05, 0) is 26.0 Å². The highest BCUT2D eigenvalue weighted by atomic mass is 16.6. The summed E-state index contributed by atoms with van der Waals surface area (Å²) in [5.41, 5.74) is 1.70. The maximum Gasteiger partial charge on any atom is 0.270 e. The Kier molecular flexibility index (Phi) is 4.38. The van der Waals surface area contributed by atoms with Gasteiger partial charge in [0.25, 0.3) is 5.69 Å². The number of non-ortho nitro benzene ring substituents is 1. The molecule has 0 radical (unpaired) electrons. The molecule has 0 aliphatic carbocycles. The van der Waals surface area contributed by atoms with Gasteiger partial charge in [0.15, 0.2) is 5.82 Å². The number of aromatic nitrogens is 3. The van der Waals surface area contributed by atoms with E-state index in [2.05, 4.69) is 20.4 Å². The summed E-state index contributed by atoms with van der Waals surface area (Å²) in [6.45, 7) is 3.49. The van der Waals surface area contributed by atoms with Gasteiger partial charge in [0, 0.05) is 36.1 Å². The smallest absolute Gasteiger partial charge is 0.270 e. The zero-order valence-electron chi connectivity index (χ0n) is 13.6. The van der Waals surface area contributed by atoms with Gasteiger partial charge >= 0.3 is 0 Å². The van der Waals surface area contributed by atoms with Crippen LogP contribution in [0.4, 0.5) is 11.4 Å². The van der Waals surface area contributed by atoms with Crippen LogP contribution in [-0.2, 0) is 11.2 Å². The fourth-order valence-electron chi connectivity index (χ4n) is 2.44. The Morgan fingerprint density at radius 3 is 2.76 bits per heavy atom. The maximum atomic E-state index is 12.2. The largest absolute Gasteiger partial charge is 0.339 e. The lowest BCUT2D eigenvalue weighted by atomic mass is 10.1. The second-order valence-corrected chi connectivity index (χ2v) is 5.55. The summed E-state index contributed by atoms with van der Waals surface area (Å²) in [6.07, 6.45) is 0.467. The highest BCUT2D eigenvalue weighted by Crippen LogP contribution is 2.27. The minimum atomic E-state index is -0.483. The lowest BCUT2D eigenvalue weighted by molar-refractivity contribution is -0.384. The Balaban J connectivity index is 1.82. The van der Waals surface area contributed by atoms with Gasteiger partial charge in [0.05, 0.1) is 16.1 Å². The van der Waals surface area contributed by atoms with Gasteiger partial charge in [-0.1, -0.05) is 5.16 Å². The van der Waals surface area contributed by atoms with Crippen LogP contribution in [0, 0.1) is 24.0 Å². The van der Waals surface area contributed by atoms with E-state index in [0.29, 0.717) is 40.4 Å². The number of pyridine rings is 1. The molecule has 2 aromatic heterocycles. The highest BCUT2D eigenvalue weighted by molar-refractivity contribution is 6.01. The number of benzene rings is 1. The number of rotatable bonds is 5. The number of aryl methyl sites for hydroxylation is 3. The van der Waals surface area contributed by atoms with Crippen molar-refractivity contribution >= 4 is 28.2 Å². The van der Waals surface area contributed by atoms with Crippen molar-refractivity contribution in [3.05, 3.63) is 51.8 Å². The molecular weight excluding hydrogens is 326 g/mol. The third kappa shape index (κ3) is 3.77. The number of anilines is 1. The monoisotopic (exact) mass is 341 g/mol. The van der Waals surface area contributed by atoms with E-state index in [9.17, 15) is 14.9 Å². The summed E-state index contributed by atoms with van der Waals surface area (Å²) in [6, 6.07) is 6.04. The number of hydrogen-bond acceptors (Lipinski definition) is 7. The number of nitro groups is 1. The standard InChI is InChI=1S/C16H15N5O4/c1-9-7-14(12-8-11(21(23)24)3-4-13(12)17-9)19-15(22)5-6-16-18-10(2)20-25-16/h3-4,7-8H,5-6H2,1-2H3,(H,17,19,22). The van der Waals surface area contributed by atoms with E-state index in [-0.39, 0.29) is 18.0 Å². The second kappa shape index (κ2) is 6.63. The van der Waals surface area contributed by atoms with E-state index in [1.54, 1.807) is 26.0 Å². The van der Waals surface area contributed by atoms with Gasteiger partial charge in [0.1, 0.15) is 0 Å². The van der Waals surface area contributed by atoms with Crippen LogP contribution in [0.15, 0.2) is 28.8 Å². The third-order valence-corrected chi connectivity index (χ3v) is 3.54. The Morgan fingerprint density at radius 2 is 2.08 bits per heavy atom. The van der Waals surface area contributed by atoms with Gasteiger partial charge in [-0.25, -0.2) is 0 Å². The van der Waals surface area contributed by atoms with Crippen LogP contribution in [0.3, 0.4) is 0 Å². The molecule has 0 aliphatic rings. The van der Waals surface area contributed by atoms with Gasteiger partial charge in [-0.15, -0.1) is 0 Å². The molecule has 9 nitrogen and oxygen atoms in total. The third-order valence-electron chi connectivity index (χ3n) is 3.54. The van der Waals surface area contributed by atoms with Gasteiger partial charge < -0.3 is 9.84 Å². The molecule has 9 heteroatoms. The van der Waals surface area contributed by atoms with Crippen molar-refractivity contribution in [1.82, 2.24) is 15.1 Å². The second-order valence-electron chi connectivity index (χ2n) is 5.55. The summed E-state index contributed by atoms with van der Waals surface area (Å²) in [5.74, 6) is 0.645. The predicted octanol–water partition coefficient (Wildman–Crippen LogP) is 2.71. The number of nitrogens with zero attached hydrogens (tertiary/aromatic N) is 4. The van der Waals surface area contributed by atoms with E-state index >= 15 is 0 Å². The zero-order valence-corrected chi connectivity index (χ0v) is 13.6. The number of nitrogens with one attached hydrogen (secondary N) is 1. The molecule has 25 heavy (non-hydrogen) atoms. The molecule has 2 heterocycles. The average Bonchev–Trinajstić information content (AvgIpc) is 2.98. The van der Waals surface area contributed by atoms with Crippen LogP contribution >= 0.6 is 0 Å². The predicted molar refractivity (Wildman–Crippen MR) is 89.1 cm³/mol. The topological polar surface area (TPSA) is 124 Å². The van der Waals surface area contributed by atoms with Crippen molar-refractivity contribution in [2.24, 2.45) is 0 Å². The van der Waals surface area contributed by atoms with Crippen molar-refractivity contribution < 1.29 is 14.2 Å². The van der Waals surface area contributed by atoms with Crippen molar-refractivity contribution in [1.29, 1.82) is 0 Å². The van der Waals surface area contributed by atoms with Crippen molar-refractivity contribution in [2.75, 3.05) is 5.32 Å². The van der Waals surface area contributed by atoms with Crippen molar-refractivity contribution in [3.63, 3.8) is 0 Å². The number of hydrogen-bond donors (Lipinski definition) is 1. The first-order valence-corrected chi connectivity index (χ1v) is 7.57. The molecule has 0 saturated heterocycles. The summed E-state index contributed by atoms with van der Waals surface area (Å²) < 4.78 is 4.97. The molecule has 0 unspecified atom stereocenters. The first-order chi connectivity index (χ1) is 11.9. The van der Waals surface area contributed by atoms with Crippen LogP contribution in [0.2, 0.25) is 0 Å². The first-order valence-electron chi connectivity index (χ1n) is 7.57. The molecule has 0 aliphatic heterocycles. The van der Waals surface area contributed by atoms with Crippen LogP contribution in [0.1, 0.15) is 23.8 Å². The van der Waals surface area contributed by atoms with E-state index in [1.807, 2.05) is 0 Å². The van der Waals surface area contributed by atoms with Crippen LogP contribution in [-0.4, -0.2) is 26.0 Å². The fourth-order valence-corrected chi connectivity index (χ4v) is 2.44. The molecule has 3 aromatic rings. The molecule has 0 spiro atoms. The Bertz CT molecular complexity index is 966. The molecule has 0 bridgehead atoms. The molecule has 3 rings (SSSR count). The maximum absolute atomic E-state index is 12.2. The molecule has 128 valence electrons. The minimum Gasteiger partial charge on any atom is -0.339 e. The molecule has 1 N–H and O–H groups in total. The van der Waals surface area contributed by atoms with Crippen molar-refractivity contribution in [2.45, 2.75) is 26.7 Å². The summed E-state index contributed by atoms with van der Waals surface area (Å²) >= 11 is 0. The number of carbonyl (C=O) groups is 1. The van der Waals surface area contributed by atoms with E-state index < -0.39 is 4.92 Å². The molecule has 0 atom stereocenters. The van der Waals surface area contributed by atoms with E-state index in [4.69, 9.17) is 4.52 Å². The summed E-state index contributed by atoms with van der Waals surface area (Å²) in [4.78, 5) is 31.1. The van der Waals surface area contributed by atoms with E-state index in [1.165, 1.54) is 12.1 Å². The normalized spacial score (nSPS) is 10.8. The number of nitro benzene ring substituents is 1. The lowest BCUT2D eigenvalue weighted by Gasteiger charge is -2.09. The average molecular weight is 341 g/mol. The van der Waals surface area contributed by atoms with Gasteiger partial charge in [-0.2, -0.15) is 4.98 Å². The van der Waals surface area contributed by atoms with E-state index in [0.717, 1.165) is 0 Å². The van der Waals surface area contributed by atoms with Crippen molar-refractivity contribution in [3.8, 4) is 0 Å². The van der Waals surface area contributed by atoms with Gasteiger partial charge in [-0.3, -0.25) is 19.9 Å². The molecule has 0 saturated carbocycles. The zero-order chi connectivity index (χ0) is 18.0. The minimum absolute atomic E-state index is 0.0602. The SMILES string of the molecule is Cc1cc(NC(=O)CCc2nc(C)no2)c2cc([N+](=O)[O-])ccc2n1. The lowest BCUT2D eigenvalue weighted by Crippen LogP contribution is -2.13. The first kappa shape index (κ1) is 16.5. The summed E-state index contributed by atoms with van der Waals surface area (Å²) in [5, 5.41) is 17.9. The number of fused-ring (bicyclic) bond motifs is 1. The molecule has 1 amide bonds. The van der Waals surface area contributed by atoms with Crippen LogP contribution < -0.4 is 5.32 Å². The Labute approximate surface area is 142 Å². The quantitative estimate of drug-likeness (QED) is 0.559. The fraction of sp³-hybridized carbons (Fsp3) is 0.250. The molecule has 0 fully saturated rings.